The monoisotopic (exact) mass is 154 g/mol. The van der Waals surface area contributed by atoms with E-state index in [0.717, 1.165) is 13.1 Å². The molecule has 0 aromatic heterocycles. The van der Waals surface area contributed by atoms with Crippen LogP contribution in [0.15, 0.2) is 0 Å². The first-order valence-corrected chi connectivity index (χ1v) is 4.28. The van der Waals surface area contributed by atoms with Gasteiger partial charge in [0.1, 0.15) is 0 Å². The maximum absolute atomic E-state index is 11.3. The summed E-state index contributed by atoms with van der Waals surface area (Å²) in [5.41, 5.74) is 0. The van der Waals surface area contributed by atoms with E-state index >= 15 is 0 Å². The third-order valence-corrected chi connectivity index (χ3v) is 2.59. The van der Waals surface area contributed by atoms with Crippen LogP contribution in [-0.4, -0.2) is 25.0 Å². The molecule has 1 saturated heterocycles. The predicted octanol–water partition coefficient (Wildman–Crippen LogP) is -0.270. The Balaban J connectivity index is 1.73. The molecule has 1 saturated carbocycles. The van der Waals surface area contributed by atoms with Gasteiger partial charge in [-0.15, -0.1) is 0 Å². The van der Waals surface area contributed by atoms with Gasteiger partial charge in [-0.3, -0.25) is 4.79 Å². The standard InChI is InChI=1S/C8H14N2O/c1-5-2-7(5)10-8(11)6-3-9-4-6/h5-7,9H,2-4H2,1H3,(H,10,11). The van der Waals surface area contributed by atoms with Gasteiger partial charge in [0.15, 0.2) is 0 Å². The average Bonchev–Trinajstić information content (AvgIpc) is 2.40. The minimum Gasteiger partial charge on any atom is -0.353 e. The lowest BCUT2D eigenvalue weighted by atomic mass is 10.0. The topological polar surface area (TPSA) is 41.1 Å². The van der Waals surface area contributed by atoms with E-state index in [9.17, 15) is 4.79 Å². The van der Waals surface area contributed by atoms with Gasteiger partial charge in [0, 0.05) is 19.1 Å². The number of hydrogen-bond acceptors (Lipinski definition) is 2. The Kier molecular flexibility index (Phi) is 1.60. The highest BCUT2D eigenvalue weighted by Gasteiger charge is 2.36. The maximum Gasteiger partial charge on any atom is 0.225 e. The van der Waals surface area contributed by atoms with Gasteiger partial charge in [-0.25, -0.2) is 0 Å². The molecule has 0 radical (unpaired) electrons. The van der Waals surface area contributed by atoms with Crippen molar-refractivity contribution in [3.05, 3.63) is 0 Å². The first-order chi connectivity index (χ1) is 5.27. The molecular formula is C8H14N2O. The van der Waals surface area contributed by atoms with E-state index < -0.39 is 0 Å². The number of carbonyl (C=O) groups excluding carboxylic acids is 1. The van der Waals surface area contributed by atoms with Crippen molar-refractivity contribution >= 4 is 5.91 Å². The zero-order valence-corrected chi connectivity index (χ0v) is 6.76. The first-order valence-electron chi connectivity index (χ1n) is 4.28. The summed E-state index contributed by atoms with van der Waals surface area (Å²) in [6.45, 7) is 3.91. The summed E-state index contributed by atoms with van der Waals surface area (Å²) in [7, 11) is 0. The number of amides is 1. The Hall–Kier alpha value is -0.570. The van der Waals surface area contributed by atoms with Gasteiger partial charge < -0.3 is 10.6 Å². The molecule has 2 atom stereocenters. The van der Waals surface area contributed by atoms with E-state index in [2.05, 4.69) is 17.6 Å². The third kappa shape index (κ3) is 1.38. The van der Waals surface area contributed by atoms with Gasteiger partial charge >= 0.3 is 0 Å². The fourth-order valence-electron chi connectivity index (χ4n) is 1.30. The second-order valence-corrected chi connectivity index (χ2v) is 3.68. The maximum atomic E-state index is 11.3. The van der Waals surface area contributed by atoms with Crippen molar-refractivity contribution < 1.29 is 4.79 Å². The van der Waals surface area contributed by atoms with Crippen LogP contribution in [0.3, 0.4) is 0 Å². The molecule has 1 amide bonds. The highest BCUT2D eigenvalue weighted by molar-refractivity contribution is 5.80. The molecule has 2 N–H and O–H groups in total. The van der Waals surface area contributed by atoms with E-state index in [1.165, 1.54) is 6.42 Å². The van der Waals surface area contributed by atoms with E-state index in [0.29, 0.717) is 12.0 Å². The summed E-state index contributed by atoms with van der Waals surface area (Å²) in [4.78, 5) is 11.3. The Morgan fingerprint density at radius 3 is 2.55 bits per heavy atom. The molecule has 1 aliphatic carbocycles. The van der Waals surface area contributed by atoms with Gasteiger partial charge in [-0.1, -0.05) is 6.92 Å². The molecule has 2 unspecified atom stereocenters. The molecule has 2 aliphatic rings. The fourth-order valence-corrected chi connectivity index (χ4v) is 1.30. The number of rotatable bonds is 2. The molecule has 1 aliphatic heterocycles. The van der Waals surface area contributed by atoms with Crippen LogP contribution < -0.4 is 10.6 Å². The Bertz CT molecular complexity index is 177. The van der Waals surface area contributed by atoms with Gasteiger partial charge in [0.25, 0.3) is 0 Å². The van der Waals surface area contributed by atoms with Crippen molar-refractivity contribution in [1.29, 1.82) is 0 Å². The summed E-state index contributed by atoms with van der Waals surface area (Å²) in [6, 6.07) is 0.489. The van der Waals surface area contributed by atoms with Crippen LogP contribution in [-0.2, 0) is 4.79 Å². The highest BCUT2D eigenvalue weighted by atomic mass is 16.2. The smallest absolute Gasteiger partial charge is 0.225 e. The summed E-state index contributed by atoms with van der Waals surface area (Å²) in [5, 5.41) is 6.11. The normalized spacial score (nSPS) is 36.1. The molecule has 0 spiro atoms. The molecule has 3 heteroatoms. The van der Waals surface area contributed by atoms with Crippen LogP contribution in [0.2, 0.25) is 0 Å². The second-order valence-electron chi connectivity index (χ2n) is 3.68. The molecular weight excluding hydrogens is 140 g/mol. The SMILES string of the molecule is CC1CC1NC(=O)C1CNC1. The predicted molar refractivity (Wildman–Crippen MR) is 42.1 cm³/mol. The lowest BCUT2D eigenvalue weighted by Crippen LogP contribution is -2.51. The molecule has 62 valence electrons. The van der Waals surface area contributed by atoms with Crippen LogP contribution in [0.25, 0.3) is 0 Å². The Morgan fingerprint density at radius 2 is 2.18 bits per heavy atom. The average molecular weight is 154 g/mol. The molecule has 1 heterocycles. The van der Waals surface area contributed by atoms with Crippen LogP contribution in [0, 0.1) is 11.8 Å². The first kappa shape index (κ1) is 7.10. The Labute approximate surface area is 66.5 Å². The zero-order chi connectivity index (χ0) is 7.84. The summed E-state index contributed by atoms with van der Waals surface area (Å²) in [6.07, 6.45) is 1.17. The lowest BCUT2D eigenvalue weighted by molar-refractivity contribution is -0.126. The molecule has 0 aromatic rings. The van der Waals surface area contributed by atoms with Crippen molar-refractivity contribution in [1.82, 2.24) is 10.6 Å². The summed E-state index contributed by atoms with van der Waals surface area (Å²) < 4.78 is 0. The number of carbonyl (C=O) groups is 1. The minimum absolute atomic E-state index is 0.248. The largest absolute Gasteiger partial charge is 0.353 e. The van der Waals surface area contributed by atoms with Crippen LogP contribution in [0.4, 0.5) is 0 Å². The van der Waals surface area contributed by atoms with E-state index in [4.69, 9.17) is 0 Å². The Morgan fingerprint density at radius 1 is 1.55 bits per heavy atom. The fraction of sp³-hybridized carbons (Fsp3) is 0.875. The second kappa shape index (κ2) is 2.48. The van der Waals surface area contributed by atoms with Gasteiger partial charge in [0.2, 0.25) is 5.91 Å². The van der Waals surface area contributed by atoms with Gasteiger partial charge in [-0.05, 0) is 12.3 Å². The van der Waals surface area contributed by atoms with Crippen molar-refractivity contribution in [2.75, 3.05) is 13.1 Å². The van der Waals surface area contributed by atoms with Crippen LogP contribution in [0.5, 0.6) is 0 Å². The van der Waals surface area contributed by atoms with Gasteiger partial charge in [-0.2, -0.15) is 0 Å². The lowest BCUT2D eigenvalue weighted by Gasteiger charge is -2.25. The number of hydrogen-bond donors (Lipinski definition) is 2. The molecule has 2 rings (SSSR count). The molecule has 3 nitrogen and oxygen atoms in total. The minimum atomic E-state index is 0.248. The van der Waals surface area contributed by atoms with E-state index in [1.54, 1.807) is 0 Å². The third-order valence-electron chi connectivity index (χ3n) is 2.59. The van der Waals surface area contributed by atoms with Gasteiger partial charge in [0.05, 0.1) is 5.92 Å². The van der Waals surface area contributed by atoms with E-state index in [1.807, 2.05) is 0 Å². The van der Waals surface area contributed by atoms with Crippen molar-refractivity contribution in [2.24, 2.45) is 11.8 Å². The highest BCUT2D eigenvalue weighted by Crippen LogP contribution is 2.29. The zero-order valence-electron chi connectivity index (χ0n) is 6.76. The summed E-state index contributed by atoms with van der Waals surface area (Å²) >= 11 is 0. The molecule has 0 aromatic carbocycles. The van der Waals surface area contributed by atoms with Crippen molar-refractivity contribution in [3.8, 4) is 0 Å². The summed E-state index contributed by atoms with van der Waals surface area (Å²) in [5.74, 6) is 1.22. The van der Waals surface area contributed by atoms with Crippen molar-refractivity contribution in [3.63, 3.8) is 0 Å². The van der Waals surface area contributed by atoms with Crippen LogP contribution in [0.1, 0.15) is 13.3 Å². The van der Waals surface area contributed by atoms with Crippen molar-refractivity contribution in [2.45, 2.75) is 19.4 Å². The molecule has 2 fully saturated rings. The molecule has 11 heavy (non-hydrogen) atoms. The van der Waals surface area contributed by atoms with E-state index in [-0.39, 0.29) is 11.8 Å². The quantitative estimate of drug-likeness (QED) is 0.575. The van der Waals surface area contributed by atoms with Crippen LogP contribution >= 0.6 is 0 Å². The number of nitrogens with one attached hydrogen (secondary N) is 2. The molecule has 0 bridgehead atoms.